The van der Waals surface area contributed by atoms with E-state index in [0.29, 0.717) is 36.0 Å². The number of carbonyl (C=O) groups is 2. The Kier molecular flexibility index (Phi) is 6.50. The van der Waals surface area contributed by atoms with Gasteiger partial charge in [-0.05, 0) is 50.2 Å². The highest BCUT2D eigenvalue weighted by Crippen LogP contribution is 2.32. The summed E-state index contributed by atoms with van der Waals surface area (Å²) in [7, 11) is 1.38. The average Bonchev–Trinajstić information content (AvgIpc) is 2.83. The number of esters is 1. The second kappa shape index (κ2) is 9.48. The lowest BCUT2D eigenvalue weighted by Crippen LogP contribution is -2.57. The van der Waals surface area contributed by atoms with Crippen molar-refractivity contribution in [1.29, 1.82) is 0 Å². The van der Waals surface area contributed by atoms with E-state index in [0.717, 1.165) is 25.3 Å². The molecule has 0 aliphatic carbocycles. The van der Waals surface area contributed by atoms with Gasteiger partial charge in [-0.25, -0.2) is 4.79 Å². The van der Waals surface area contributed by atoms with Crippen LogP contribution >= 0.6 is 0 Å². The Morgan fingerprint density at radius 2 is 1.78 bits per heavy atom. The van der Waals surface area contributed by atoms with Gasteiger partial charge in [-0.3, -0.25) is 9.69 Å². The number of anilines is 2. The van der Waals surface area contributed by atoms with Crippen LogP contribution in [0.25, 0.3) is 0 Å². The summed E-state index contributed by atoms with van der Waals surface area (Å²) in [6, 6.07) is 12.8. The van der Waals surface area contributed by atoms with Gasteiger partial charge < -0.3 is 24.4 Å². The van der Waals surface area contributed by atoms with Crippen LogP contribution in [-0.2, 0) is 9.53 Å². The summed E-state index contributed by atoms with van der Waals surface area (Å²) >= 11 is 0. The molecule has 2 unspecified atom stereocenters. The maximum Gasteiger partial charge on any atom is 0.337 e. The van der Waals surface area contributed by atoms with Gasteiger partial charge in [0.25, 0.3) is 0 Å². The van der Waals surface area contributed by atoms with Crippen LogP contribution in [0.3, 0.4) is 0 Å². The lowest BCUT2D eigenvalue weighted by molar-refractivity contribution is -0.121. The van der Waals surface area contributed by atoms with Crippen molar-refractivity contribution in [2.75, 3.05) is 50.2 Å². The second-order valence-electron chi connectivity index (χ2n) is 8.09. The first-order valence-electron chi connectivity index (χ1n) is 10.9. The topological polar surface area (TPSA) is 80.3 Å². The lowest BCUT2D eigenvalue weighted by atomic mass is 10.1. The molecule has 1 fully saturated rings. The molecule has 2 aromatic carbocycles. The molecule has 0 radical (unpaired) electrons. The van der Waals surface area contributed by atoms with E-state index in [2.05, 4.69) is 22.0 Å². The molecule has 4 rings (SSSR count). The summed E-state index contributed by atoms with van der Waals surface area (Å²) < 4.78 is 15.9. The van der Waals surface area contributed by atoms with E-state index in [4.69, 9.17) is 14.2 Å². The molecule has 0 bridgehead atoms. The molecule has 0 saturated carbocycles. The largest absolute Gasteiger partial charge is 0.486 e. The predicted octanol–water partition coefficient (Wildman–Crippen LogP) is 2.78. The SMILES string of the molecule is COC(=O)c1ccc(N2CCN(C(C)C(=O)Nc3ccc4c(c3)OCCO4)C(C)C2)cc1. The number of fused-ring (bicyclic) bond motifs is 1. The molecule has 0 spiro atoms. The molecule has 32 heavy (non-hydrogen) atoms. The van der Waals surface area contributed by atoms with Gasteiger partial charge in [-0.2, -0.15) is 0 Å². The van der Waals surface area contributed by atoms with Crippen molar-refractivity contribution >= 4 is 23.3 Å². The number of carbonyl (C=O) groups excluding carboxylic acids is 2. The Morgan fingerprint density at radius 3 is 2.47 bits per heavy atom. The molecular formula is C24H29N3O5. The fourth-order valence-corrected chi connectivity index (χ4v) is 4.23. The minimum absolute atomic E-state index is 0.0515. The van der Waals surface area contributed by atoms with E-state index in [1.165, 1.54) is 7.11 Å². The summed E-state index contributed by atoms with van der Waals surface area (Å²) in [5, 5.41) is 3.00. The summed E-state index contributed by atoms with van der Waals surface area (Å²) in [6.07, 6.45) is 0. The lowest BCUT2D eigenvalue weighted by Gasteiger charge is -2.43. The molecule has 0 aromatic heterocycles. The predicted molar refractivity (Wildman–Crippen MR) is 122 cm³/mol. The monoisotopic (exact) mass is 439 g/mol. The smallest absolute Gasteiger partial charge is 0.337 e. The van der Waals surface area contributed by atoms with Crippen LogP contribution in [-0.4, -0.2) is 68.8 Å². The van der Waals surface area contributed by atoms with Crippen molar-refractivity contribution in [3.05, 3.63) is 48.0 Å². The number of rotatable bonds is 5. The Labute approximate surface area is 188 Å². The maximum atomic E-state index is 12.9. The van der Waals surface area contributed by atoms with E-state index in [1.54, 1.807) is 18.2 Å². The highest BCUT2D eigenvalue weighted by atomic mass is 16.6. The fourth-order valence-electron chi connectivity index (χ4n) is 4.23. The van der Waals surface area contributed by atoms with Crippen molar-refractivity contribution in [2.45, 2.75) is 25.9 Å². The van der Waals surface area contributed by atoms with Crippen molar-refractivity contribution in [2.24, 2.45) is 0 Å². The van der Waals surface area contributed by atoms with Gasteiger partial charge in [-0.15, -0.1) is 0 Å². The Bertz CT molecular complexity index is 978. The summed E-state index contributed by atoms with van der Waals surface area (Å²) in [6.45, 7) is 7.45. The third-order valence-corrected chi connectivity index (χ3v) is 6.02. The van der Waals surface area contributed by atoms with Crippen LogP contribution in [0.4, 0.5) is 11.4 Å². The van der Waals surface area contributed by atoms with Crippen molar-refractivity contribution < 1.29 is 23.8 Å². The molecule has 1 saturated heterocycles. The molecular weight excluding hydrogens is 410 g/mol. The van der Waals surface area contributed by atoms with Gasteiger partial charge in [0.15, 0.2) is 11.5 Å². The fraction of sp³-hybridized carbons (Fsp3) is 0.417. The van der Waals surface area contributed by atoms with Crippen molar-refractivity contribution in [3.63, 3.8) is 0 Å². The quantitative estimate of drug-likeness (QED) is 0.718. The third kappa shape index (κ3) is 4.65. The van der Waals surface area contributed by atoms with Crippen LogP contribution in [0.1, 0.15) is 24.2 Å². The van der Waals surface area contributed by atoms with Crippen molar-refractivity contribution in [1.82, 2.24) is 4.90 Å². The van der Waals surface area contributed by atoms with Crippen LogP contribution in [0.5, 0.6) is 11.5 Å². The van der Waals surface area contributed by atoms with Gasteiger partial charge in [0.2, 0.25) is 5.91 Å². The van der Waals surface area contributed by atoms with E-state index in [-0.39, 0.29) is 24.0 Å². The zero-order valence-electron chi connectivity index (χ0n) is 18.7. The molecule has 2 aromatic rings. The zero-order valence-corrected chi connectivity index (χ0v) is 18.7. The molecule has 170 valence electrons. The van der Waals surface area contributed by atoms with Crippen LogP contribution in [0.15, 0.2) is 42.5 Å². The van der Waals surface area contributed by atoms with Gasteiger partial charge >= 0.3 is 5.97 Å². The number of hydrogen-bond donors (Lipinski definition) is 1. The van der Waals surface area contributed by atoms with Crippen LogP contribution < -0.4 is 19.7 Å². The van der Waals surface area contributed by atoms with E-state index < -0.39 is 0 Å². The molecule has 8 heteroatoms. The molecule has 2 heterocycles. The second-order valence-corrected chi connectivity index (χ2v) is 8.09. The van der Waals surface area contributed by atoms with Gasteiger partial charge in [0.05, 0.1) is 18.7 Å². The number of methoxy groups -OCH3 is 1. The van der Waals surface area contributed by atoms with Gasteiger partial charge in [0, 0.05) is 43.1 Å². The molecule has 1 N–H and O–H groups in total. The minimum Gasteiger partial charge on any atom is -0.486 e. The number of nitrogens with one attached hydrogen (secondary N) is 1. The van der Waals surface area contributed by atoms with Crippen LogP contribution in [0, 0.1) is 0 Å². The first-order valence-corrected chi connectivity index (χ1v) is 10.9. The average molecular weight is 440 g/mol. The highest BCUT2D eigenvalue weighted by molar-refractivity contribution is 5.95. The number of piperazine rings is 1. The van der Waals surface area contributed by atoms with E-state index in [1.807, 2.05) is 31.2 Å². The summed E-state index contributed by atoms with van der Waals surface area (Å²) in [4.78, 5) is 29.1. The molecule has 2 aliphatic heterocycles. The molecule has 2 atom stereocenters. The number of nitrogens with zero attached hydrogens (tertiary/aromatic N) is 2. The number of benzene rings is 2. The minimum atomic E-state index is -0.340. The Hall–Kier alpha value is -3.26. The summed E-state index contributed by atoms with van der Waals surface area (Å²) in [5.74, 6) is 0.963. The van der Waals surface area contributed by atoms with E-state index >= 15 is 0 Å². The van der Waals surface area contributed by atoms with E-state index in [9.17, 15) is 9.59 Å². The highest BCUT2D eigenvalue weighted by Gasteiger charge is 2.31. The standard InChI is InChI=1S/C24H29N3O5/c1-16-15-26(20-7-4-18(5-8-20)24(29)30-3)10-11-27(16)17(2)23(28)25-19-6-9-21-22(14-19)32-13-12-31-21/h4-9,14,16-17H,10-13,15H2,1-3H3,(H,25,28). The van der Waals surface area contributed by atoms with Gasteiger partial charge in [-0.1, -0.05) is 0 Å². The first kappa shape index (κ1) is 22.0. The normalized spacial score (nSPS) is 19.2. The summed E-state index contributed by atoms with van der Waals surface area (Å²) in [5.41, 5.74) is 2.29. The molecule has 1 amide bonds. The first-order chi connectivity index (χ1) is 15.5. The third-order valence-electron chi connectivity index (χ3n) is 6.02. The number of ether oxygens (including phenoxy) is 3. The number of hydrogen-bond acceptors (Lipinski definition) is 7. The number of amides is 1. The van der Waals surface area contributed by atoms with Crippen LogP contribution in [0.2, 0.25) is 0 Å². The Morgan fingerprint density at radius 1 is 1.06 bits per heavy atom. The van der Waals surface area contributed by atoms with Crippen molar-refractivity contribution in [3.8, 4) is 11.5 Å². The maximum absolute atomic E-state index is 12.9. The molecule has 8 nitrogen and oxygen atoms in total. The zero-order chi connectivity index (χ0) is 22.7. The Balaban J connectivity index is 1.35. The van der Waals surface area contributed by atoms with Gasteiger partial charge in [0.1, 0.15) is 13.2 Å². The molecule has 2 aliphatic rings.